The van der Waals surface area contributed by atoms with Gasteiger partial charge in [0.05, 0.1) is 27.9 Å². The van der Waals surface area contributed by atoms with E-state index in [0.717, 1.165) is 21.9 Å². The smallest absolute Gasteiger partial charge is 0.157 e. The molecule has 0 N–H and O–H groups in total. The third-order valence-corrected chi connectivity index (χ3v) is 5.47. The van der Waals surface area contributed by atoms with Gasteiger partial charge in [-0.25, -0.2) is 0 Å². The highest BCUT2D eigenvalue weighted by atomic mass is 35.5. The van der Waals surface area contributed by atoms with Crippen molar-refractivity contribution in [1.82, 2.24) is 0 Å². The van der Waals surface area contributed by atoms with Crippen LogP contribution in [0.4, 0.5) is 0 Å². The lowest BCUT2D eigenvalue weighted by Gasteiger charge is -2.12. The molecule has 0 aliphatic carbocycles. The van der Waals surface area contributed by atoms with Crippen LogP contribution in [0.2, 0.25) is 10.0 Å². The molecule has 0 saturated heterocycles. The standard InChI is InChI=1S/C26H18Cl2N2O2/c27-24-12-18(15-30-32-17-21-8-2-1-7-20(21)14-29)13-25(28)26(24)31-16-22-10-5-9-19-6-3-4-11-23(19)22/h1-13,15H,16-17H2/b30-15-. The van der Waals surface area contributed by atoms with Crippen LogP contribution in [0.25, 0.3) is 10.8 Å². The second-order valence-corrected chi connectivity index (χ2v) is 7.83. The second kappa shape index (κ2) is 10.2. The van der Waals surface area contributed by atoms with Gasteiger partial charge in [0.25, 0.3) is 0 Å². The van der Waals surface area contributed by atoms with Crippen LogP contribution in [0.5, 0.6) is 5.75 Å². The fourth-order valence-corrected chi connectivity index (χ4v) is 3.93. The molecule has 0 aliphatic heterocycles. The van der Waals surface area contributed by atoms with Crippen molar-refractivity contribution in [2.75, 3.05) is 0 Å². The molecule has 4 nitrogen and oxygen atoms in total. The highest BCUT2D eigenvalue weighted by molar-refractivity contribution is 6.37. The number of hydrogen-bond donors (Lipinski definition) is 0. The summed E-state index contributed by atoms with van der Waals surface area (Å²) in [5.74, 6) is 0.419. The number of hydrogen-bond acceptors (Lipinski definition) is 4. The third-order valence-electron chi connectivity index (χ3n) is 4.91. The normalized spacial score (nSPS) is 10.9. The molecule has 4 rings (SSSR count). The zero-order valence-electron chi connectivity index (χ0n) is 17.0. The molecule has 0 heterocycles. The molecular weight excluding hydrogens is 443 g/mol. The fourth-order valence-electron chi connectivity index (χ4n) is 3.32. The number of oxime groups is 1. The number of rotatable bonds is 7. The molecule has 0 unspecified atom stereocenters. The largest absolute Gasteiger partial charge is 0.486 e. The van der Waals surface area contributed by atoms with Gasteiger partial charge < -0.3 is 9.57 Å². The molecule has 0 atom stereocenters. The van der Waals surface area contributed by atoms with E-state index in [-0.39, 0.29) is 6.61 Å². The van der Waals surface area contributed by atoms with E-state index in [9.17, 15) is 0 Å². The molecule has 0 aliphatic rings. The van der Waals surface area contributed by atoms with Crippen molar-refractivity contribution >= 4 is 40.2 Å². The van der Waals surface area contributed by atoms with Gasteiger partial charge in [0.1, 0.15) is 13.2 Å². The first-order valence-electron chi connectivity index (χ1n) is 9.87. The summed E-state index contributed by atoms with van der Waals surface area (Å²) in [6, 6.07) is 27.0. The maximum absolute atomic E-state index is 9.12. The van der Waals surface area contributed by atoms with Crippen LogP contribution in [0.1, 0.15) is 22.3 Å². The number of benzene rings is 4. The Kier molecular flexibility index (Phi) is 6.91. The molecule has 32 heavy (non-hydrogen) atoms. The Morgan fingerprint density at radius 3 is 2.34 bits per heavy atom. The SMILES string of the molecule is N#Cc1ccccc1CO/N=C\c1cc(Cl)c(OCc2cccc3ccccc23)c(Cl)c1. The van der Waals surface area contributed by atoms with E-state index >= 15 is 0 Å². The number of nitriles is 1. The van der Waals surface area contributed by atoms with Crippen molar-refractivity contribution in [3.8, 4) is 11.8 Å². The lowest BCUT2D eigenvalue weighted by molar-refractivity contribution is 0.132. The summed E-state index contributed by atoms with van der Waals surface area (Å²) in [4.78, 5) is 5.32. The maximum Gasteiger partial charge on any atom is 0.157 e. The molecule has 0 bridgehead atoms. The Balaban J connectivity index is 1.43. The first kappa shape index (κ1) is 21.7. The first-order valence-corrected chi connectivity index (χ1v) is 10.6. The van der Waals surface area contributed by atoms with Gasteiger partial charge in [-0.15, -0.1) is 0 Å². The minimum absolute atomic E-state index is 0.188. The topological polar surface area (TPSA) is 54.6 Å². The summed E-state index contributed by atoms with van der Waals surface area (Å²) in [6.45, 7) is 0.531. The number of nitrogens with zero attached hydrogens (tertiary/aromatic N) is 2. The quantitative estimate of drug-likeness (QED) is 0.217. The summed E-state index contributed by atoms with van der Waals surface area (Å²) >= 11 is 12.8. The zero-order chi connectivity index (χ0) is 22.3. The van der Waals surface area contributed by atoms with Crippen molar-refractivity contribution in [2.24, 2.45) is 5.16 Å². The average molecular weight is 461 g/mol. The van der Waals surface area contributed by atoms with Crippen LogP contribution < -0.4 is 4.74 Å². The first-order chi connectivity index (χ1) is 15.7. The van der Waals surface area contributed by atoms with E-state index < -0.39 is 0 Å². The molecule has 0 spiro atoms. The molecule has 4 aromatic rings. The van der Waals surface area contributed by atoms with E-state index in [0.29, 0.717) is 33.5 Å². The molecule has 6 heteroatoms. The molecule has 0 radical (unpaired) electrons. The molecule has 0 fully saturated rings. The van der Waals surface area contributed by atoms with Crippen LogP contribution in [0.3, 0.4) is 0 Å². The third kappa shape index (κ3) is 5.03. The van der Waals surface area contributed by atoms with Crippen molar-refractivity contribution in [2.45, 2.75) is 13.2 Å². The molecule has 4 aromatic carbocycles. The molecule has 0 aromatic heterocycles. The lowest BCUT2D eigenvalue weighted by Crippen LogP contribution is -1.98. The van der Waals surface area contributed by atoms with Gasteiger partial charge in [-0.05, 0) is 40.1 Å². The minimum Gasteiger partial charge on any atom is -0.486 e. The van der Waals surface area contributed by atoms with Gasteiger partial charge in [0, 0.05) is 5.56 Å². The Morgan fingerprint density at radius 1 is 0.844 bits per heavy atom. The second-order valence-electron chi connectivity index (χ2n) is 7.02. The van der Waals surface area contributed by atoms with Gasteiger partial charge >= 0.3 is 0 Å². The Bertz CT molecular complexity index is 1300. The maximum atomic E-state index is 9.12. The van der Waals surface area contributed by atoms with E-state index in [1.54, 1.807) is 24.3 Å². The van der Waals surface area contributed by atoms with Crippen LogP contribution in [-0.4, -0.2) is 6.21 Å². The lowest BCUT2D eigenvalue weighted by atomic mass is 10.1. The summed E-state index contributed by atoms with van der Waals surface area (Å²) in [6.07, 6.45) is 1.52. The molecule has 0 amide bonds. The zero-order valence-corrected chi connectivity index (χ0v) is 18.5. The van der Waals surface area contributed by atoms with E-state index in [4.69, 9.17) is 38.0 Å². The minimum atomic E-state index is 0.188. The van der Waals surface area contributed by atoms with E-state index in [1.807, 2.05) is 36.4 Å². The predicted octanol–water partition coefficient (Wildman–Crippen LogP) is 7.15. The predicted molar refractivity (Wildman–Crippen MR) is 128 cm³/mol. The Labute approximate surface area is 196 Å². The highest BCUT2D eigenvalue weighted by Crippen LogP contribution is 2.35. The van der Waals surface area contributed by atoms with Gasteiger partial charge in [-0.3, -0.25) is 0 Å². The summed E-state index contributed by atoms with van der Waals surface area (Å²) in [5.41, 5.74) is 3.04. The van der Waals surface area contributed by atoms with E-state index in [2.05, 4.69) is 29.4 Å². The van der Waals surface area contributed by atoms with Crippen molar-refractivity contribution < 1.29 is 9.57 Å². The van der Waals surface area contributed by atoms with Crippen LogP contribution in [0.15, 0.2) is 84.0 Å². The van der Waals surface area contributed by atoms with Gasteiger partial charge in [0.15, 0.2) is 5.75 Å². The summed E-state index contributed by atoms with van der Waals surface area (Å²) < 4.78 is 5.96. The molecular formula is C26H18Cl2N2O2. The van der Waals surface area contributed by atoms with Crippen LogP contribution in [0, 0.1) is 11.3 Å². The van der Waals surface area contributed by atoms with Gasteiger partial charge in [-0.2, -0.15) is 5.26 Å². The molecule has 0 saturated carbocycles. The summed E-state index contributed by atoms with van der Waals surface area (Å²) in [5, 5.41) is 16.1. The number of ether oxygens (including phenoxy) is 1. The number of halogens is 2. The van der Waals surface area contributed by atoms with Crippen molar-refractivity contribution in [1.29, 1.82) is 5.26 Å². The highest BCUT2D eigenvalue weighted by Gasteiger charge is 2.11. The Morgan fingerprint density at radius 2 is 1.53 bits per heavy atom. The van der Waals surface area contributed by atoms with Crippen molar-refractivity contribution in [3.63, 3.8) is 0 Å². The van der Waals surface area contributed by atoms with Gasteiger partial charge in [0.2, 0.25) is 0 Å². The Hall–Kier alpha value is -3.52. The van der Waals surface area contributed by atoms with Gasteiger partial charge in [-0.1, -0.05) is 89.0 Å². The van der Waals surface area contributed by atoms with E-state index in [1.165, 1.54) is 6.21 Å². The van der Waals surface area contributed by atoms with Crippen LogP contribution in [-0.2, 0) is 18.1 Å². The average Bonchev–Trinajstić information content (AvgIpc) is 2.81. The fraction of sp³-hybridized carbons (Fsp3) is 0.0769. The summed E-state index contributed by atoms with van der Waals surface area (Å²) in [7, 11) is 0. The van der Waals surface area contributed by atoms with Crippen molar-refractivity contribution in [3.05, 3.63) is 111 Å². The monoisotopic (exact) mass is 460 g/mol. The van der Waals surface area contributed by atoms with Crippen LogP contribution >= 0.6 is 23.2 Å². The molecule has 158 valence electrons. The number of fused-ring (bicyclic) bond motifs is 1.